The van der Waals surface area contributed by atoms with E-state index in [-0.39, 0.29) is 12.6 Å². The van der Waals surface area contributed by atoms with Gasteiger partial charge in [-0.15, -0.1) is 6.42 Å². The van der Waals surface area contributed by atoms with Crippen LogP contribution in [0.5, 0.6) is 0 Å². The Morgan fingerprint density at radius 3 is 2.86 bits per heavy atom. The summed E-state index contributed by atoms with van der Waals surface area (Å²) < 4.78 is 11.3. The minimum absolute atomic E-state index is 0.0556. The lowest BCUT2D eigenvalue weighted by Crippen LogP contribution is -2.35. The van der Waals surface area contributed by atoms with E-state index in [9.17, 15) is 9.90 Å². The standard InChI is InChI=1S/C16H19IO4/c1-4-14(18)11-21-9-8-16(2,15(19)20-3)12-6-5-7-13(17)10-12/h1,5-7,10,14,18H,8-9,11H2,2-3H3. The van der Waals surface area contributed by atoms with Gasteiger partial charge in [0.2, 0.25) is 0 Å². The molecule has 114 valence electrons. The molecular weight excluding hydrogens is 383 g/mol. The van der Waals surface area contributed by atoms with Crippen LogP contribution in [-0.2, 0) is 19.7 Å². The van der Waals surface area contributed by atoms with E-state index in [4.69, 9.17) is 15.9 Å². The number of carbonyl (C=O) groups is 1. The van der Waals surface area contributed by atoms with Crippen molar-refractivity contribution in [3.05, 3.63) is 33.4 Å². The molecule has 0 radical (unpaired) electrons. The summed E-state index contributed by atoms with van der Waals surface area (Å²) in [5, 5.41) is 9.24. The minimum Gasteiger partial charge on any atom is -0.468 e. The molecule has 21 heavy (non-hydrogen) atoms. The van der Waals surface area contributed by atoms with E-state index in [0.29, 0.717) is 13.0 Å². The first-order valence-corrected chi connectivity index (χ1v) is 7.58. The molecule has 0 aliphatic rings. The van der Waals surface area contributed by atoms with Crippen molar-refractivity contribution in [3.8, 4) is 12.3 Å². The van der Waals surface area contributed by atoms with Crippen LogP contribution in [0, 0.1) is 15.9 Å². The van der Waals surface area contributed by atoms with Gasteiger partial charge < -0.3 is 14.6 Å². The smallest absolute Gasteiger partial charge is 0.316 e. The Hall–Kier alpha value is -1.10. The number of halogens is 1. The van der Waals surface area contributed by atoms with E-state index in [0.717, 1.165) is 9.13 Å². The molecular formula is C16H19IO4. The minimum atomic E-state index is -0.924. The molecule has 0 bridgehead atoms. The third-order valence-electron chi connectivity index (χ3n) is 3.31. The number of carbonyl (C=O) groups excluding carboxylic acids is 1. The molecule has 0 aliphatic heterocycles. The topological polar surface area (TPSA) is 55.8 Å². The van der Waals surface area contributed by atoms with E-state index < -0.39 is 11.5 Å². The van der Waals surface area contributed by atoms with Crippen molar-refractivity contribution in [3.63, 3.8) is 0 Å². The maximum absolute atomic E-state index is 12.2. The first kappa shape index (κ1) is 18.0. The van der Waals surface area contributed by atoms with Crippen LogP contribution < -0.4 is 0 Å². The Balaban J connectivity index is 2.81. The lowest BCUT2D eigenvalue weighted by atomic mass is 9.80. The summed E-state index contributed by atoms with van der Waals surface area (Å²) in [5.74, 6) is 1.86. The number of aliphatic hydroxyl groups is 1. The van der Waals surface area contributed by atoms with Gasteiger partial charge in [-0.05, 0) is 53.6 Å². The van der Waals surface area contributed by atoms with Gasteiger partial charge in [-0.2, -0.15) is 0 Å². The lowest BCUT2D eigenvalue weighted by molar-refractivity contribution is -0.147. The Kier molecular flexibility index (Phi) is 7.15. The van der Waals surface area contributed by atoms with E-state index in [1.165, 1.54) is 7.11 Å². The Labute approximate surface area is 139 Å². The molecule has 1 N–H and O–H groups in total. The Bertz CT molecular complexity index is 523. The van der Waals surface area contributed by atoms with E-state index in [1.54, 1.807) is 0 Å². The molecule has 4 nitrogen and oxygen atoms in total. The van der Waals surface area contributed by atoms with E-state index in [1.807, 2.05) is 31.2 Å². The summed E-state index contributed by atoms with van der Waals surface area (Å²) in [4.78, 5) is 12.2. The number of esters is 1. The van der Waals surface area contributed by atoms with Gasteiger partial charge in [0, 0.05) is 10.2 Å². The molecule has 0 heterocycles. The molecule has 1 aromatic carbocycles. The second-order valence-corrected chi connectivity index (χ2v) is 6.09. The number of aliphatic hydroxyl groups excluding tert-OH is 1. The quantitative estimate of drug-likeness (QED) is 0.329. The van der Waals surface area contributed by atoms with Gasteiger partial charge in [0.25, 0.3) is 0 Å². The van der Waals surface area contributed by atoms with Crippen LogP contribution in [0.15, 0.2) is 24.3 Å². The lowest BCUT2D eigenvalue weighted by Gasteiger charge is -2.27. The second kappa shape index (κ2) is 8.37. The number of methoxy groups -OCH3 is 1. The molecule has 1 aromatic rings. The van der Waals surface area contributed by atoms with Crippen LogP contribution in [0.3, 0.4) is 0 Å². The zero-order valence-electron chi connectivity index (χ0n) is 12.1. The van der Waals surface area contributed by atoms with Gasteiger partial charge in [-0.3, -0.25) is 4.79 Å². The highest BCUT2D eigenvalue weighted by Gasteiger charge is 2.36. The highest BCUT2D eigenvalue weighted by Crippen LogP contribution is 2.30. The molecule has 0 fully saturated rings. The van der Waals surface area contributed by atoms with Gasteiger partial charge in [0.05, 0.1) is 19.1 Å². The van der Waals surface area contributed by atoms with Crippen molar-refractivity contribution in [2.45, 2.75) is 24.9 Å². The number of ether oxygens (including phenoxy) is 2. The van der Waals surface area contributed by atoms with Crippen LogP contribution in [0.25, 0.3) is 0 Å². The maximum Gasteiger partial charge on any atom is 0.316 e. The van der Waals surface area contributed by atoms with Crippen molar-refractivity contribution in [1.29, 1.82) is 0 Å². The fourth-order valence-electron chi connectivity index (χ4n) is 1.94. The van der Waals surface area contributed by atoms with Crippen LogP contribution in [-0.4, -0.2) is 37.5 Å². The van der Waals surface area contributed by atoms with Gasteiger partial charge in [-0.25, -0.2) is 0 Å². The first-order chi connectivity index (χ1) is 9.93. The molecule has 0 spiro atoms. The molecule has 2 atom stereocenters. The molecule has 0 saturated carbocycles. The SMILES string of the molecule is C#CC(O)COCCC(C)(C(=O)OC)c1cccc(I)c1. The number of hydrogen-bond acceptors (Lipinski definition) is 4. The summed E-state index contributed by atoms with van der Waals surface area (Å²) >= 11 is 2.20. The molecule has 0 amide bonds. The van der Waals surface area contributed by atoms with Crippen molar-refractivity contribution >= 4 is 28.6 Å². The van der Waals surface area contributed by atoms with Crippen LogP contribution in [0.1, 0.15) is 18.9 Å². The zero-order valence-corrected chi connectivity index (χ0v) is 14.3. The number of terminal acetylenes is 1. The van der Waals surface area contributed by atoms with Crippen molar-refractivity contribution < 1.29 is 19.4 Å². The normalized spacial score (nSPS) is 14.8. The zero-order chi connectivity index (χ0) is 15.9. The summed E-state index contributed by atoms with van der Waals surface area (Å²) in [6.07, 6.45) is 4.58. The predicted octanol–water partition coefficient (Wildman–Crippen LogP) is 2.12. The summed E-state index contributed by atoms with van der Waals surface area (Å²) in [7, 11) is 1.37. The van der Waals surface area contributed by atoms with Crippen molar-refractivity contribution in [2.24, 2.45) is 0 Å². The fraction of sp³-hybridized carbons (Fsp3) is 0.438. The first-order valence-electron chi connectivity index (χ1n) is 6.50. The third kappa shape index (κ3) is 4.99. The Morgan fingerprint density at radius 2 is 2.29 bits per heavy atom. The van der Waals surface area contributed by atoms with Crippen LogP contribution in [0.2, 0.25) is 0 Å². The number of hydrogen-bond donors (Lipinski definition) is 1. The fourth-order valence-corrected chi connectivity index (χ4v) is 2.48. The summed E-state index contributed by atoms with van der Waals surface area (Å²) in [5.41, 5.74) is 0.0826. The van der Waals surface area contributed by atoms with Gasteiger partial charge in [-0.1, -0.05) is 18.1 Å². The van der Waals surface area contributed by atoms with Crippen LogP contribution >= 0.6 is 22.6 Å². The van der Waals surface area contributed by atoms with Crippen LogP contribution in [0.4, 0.5) is 0 Å². The van der Waals surface area contributed by atoms with E-state index >= 15 is 0 Å². The van der Waals surface area contributed by atoms with Gasteiger partial charge >= 0.3 is 5.97 Å². The molecule has 0 saturated heterocycles. The van der Waals surface area contributed by atoms with Crippen molar-refractivity contribution in [2.75, 3.05) is 20.3 Å². The Morgan fingerprint density at radius 1 is 1.57 bits per heavy atom. The molecule has 2 unspecified atom stereocenters. The average molecular weight is 402 g/mol. The highest BCUT2D eigenvalue weighted by atomic mass is 127. The van der Waals surface area contributed by atoms with Gasteiger partial charge in [0.15, 0.2) is 0 Å². The predicted molar refractivity (Wildman–Crippen MR) is 88.8 cm³/mol. The van der Waals surface area contributed by atoms with Gasteiger partial charge in [0.1, 0.15) is 6.10 Å². The molecule has 0 aromatic heterocycles. The number of benzene rings is 1. The second-order valence-electron chi connectivity index (χ2n) is 4.84. The summed E-state index contributed by atoms with van der Waals surface area (Å²) in [6, 6.07) is 7.71. The average Bonchev–Trinajstić information content (AvgIpc) is 2.50. The highest BCUT2D eigenvalue weighted by molar-refractivity contribution is 14.1. The third-order valence-corrected chi connectivity index (χ3v) is 3.98. The van der Waals surface area contributed by atoms with Crippen molar-refractivity contribution in [1.82, 2.24) is 0 Å². The largest absolute Gasteiger partial charge is 0.468 e. The molecule has 5 heteroatoms. The summed E-state index contributed by atoms with van der Waals surface area (Å²) in [6.45, 7) is 2.18. The van der Waals surface area contributed by atoms with E-state index in [2.05, 4.69) is 28.5 Å². The molecule has 1 rings (SSSR count). The molecule has 0 aliphatic carbocycles. The number of rotatable bonds is 7. The monoisotopic (exact) mass is 402 g/mol. The maximum atomic E-state index is 12.2.